The molecule has 1 nitrogen and oxygen atoms in total. The third-order valence-corrected chi connectivity index (χ3v) is 2.33. The van der Waals surface area contributed by atoms with Crippen LogP contribution in [-0.2, 0) is 0 Å². The van der Waals surface area contributed by atoms with E-state index < -0.39 is 0 Å². The number of carbonyl (C=O) groups is 1. The molecule has 0 radical (unpaired) electrons. The lowest BCUT2D eigenvalue weighted by Crippen LogP contribution is -1.93. The van der Waals surface area contributed by atoms with E-state index in [-0.39, 0.29) is 5.78 Å². The summed E-state index contributed by atoms with van der Waals surface area (Å²) in [5, 5.41) is 0.636. The summed E-state index contributed by atoms with van der Waals surface area (Å²) in [5.41, 5.74) is 0.613. The molecule has 0 saturated heterocycles. The first-order valence-electron chi connectivity index (χ1n) is 4.57. The van der Waals surface area contributed by atoms with E-state index in [1.807, 2.05) is 0 Å². The van der Waals surface area contributed by atoms with Crippen molar-refractivity contribution in [3.8, 4) is 11.8 Å². The molecule has 0 unspecified atom stereocenters. The topological polar surface area (TPSA) is 17.1 Å². The summed E-state index contributed by atoms with van der Waals surface area (Å²) in [6.45, 7) is 0. The molecule has 0 heterocycles. The van der Waals surface area contributed by atoms with Crippen LogP contribution >= 0.6 is 11.6 Å². The number of rotatable bonds is 1. The van der Waals surface area contributed by atoms with Crippen LogP contribution in [0.4, 0.5) is 0 Å². The molecular weight excluding hydrogens is 196 g/mol. The van der Waals surface area contributed by atoms with Crippen LogP contribution in [-0.4, -0.2) is 5.78 Å². The van der Waals surface area contributed by atoms with Gasteiger partial charge in [0, 0.05) is 16.5 Å². The third-order valence-electron chi connectivity index (χ3n) is 2.07. The molecule has 2 rings (SSSR count). The SMILES string of the molecule is O=C(C#CC1CC1)c1ccc(Cl)cc1. The summed E-state index contributed by atoms with van der Waals surface area (Å²) in [6, 6.07) is 6.81. The zero-order valence-corrected chi connectivity index (χ0v) is 8.34. The Morgan fingerprint density at radius 1 is 1.29 bits per heavy atom. The van der Waals surface area contributed by atoms with Gasteiger partial charge in [-0.3, -0.25) is 4.79 Å². The van der Waals surface area contributed by atoms with Crippen molar-refractivity contribution in [1.82, 2.24) is 0 Å². The van der Waals surface area contributed by atoms with Crippen LogP contribution in [0, 0.1) is 17.8 Å². The molecule has 1 aliphatic rings. The minimum absolute atomic E-state index is 0.117. The molecule has 0 amide bonds. The van der Waals surface area contributed by atoms with Crippen LogP contribution in [0.5, 0.6) is 0 Å². The Morgan fingerprint density at radius 2 is 1.93 bits per heavy atom. The molecule has 0 aliphatic heterocycles. The summed E-state index contributed by atoms with van der Waals surface area (Å²) < 4.78 is 0. The van der Waals surface area contributed by atoms with E-state index in [9.17, 15) is 4.79 Å². The Kier molecular flexibility index (Phi) is 2.56. The number of carbonyl (C=O) groups excluding carboxylic acids is 1. The summed E-state index contributed by atoms with van der Waals surface area (Å²) >= 11 is 5.71. The fraction of sp³-hybridized carbons (Fsp3) is 0.250. The summed E-state index contributed by atoms with van der Waals surface area (Å²) in [6.07, 6.45) is 2.28. The van der Waals surface area contributed by atoms with Crippen LogP contribution in [0.1, 0.15) is 23.2 Å². The molecule has 70 valence electrons. The molecule has 0 N–H and O–H groups in total. The summed E-state index contributed by atoms with van der Waals surface area (Å²) in [5.74, 6) is 5.93. The van der Waals surface area contributed by atoms with Gasteiger partial charge in [-0.25, -0.2) is 0 Å². The zero-order chi connectivity index (χ0) is 9.97. The maximum Gasteiger partial charge on any atom is 0.235 e. The maximum atomic E-state index is 11.5. The molecule has 0 bridgehead atoms. The molecule has 0 spiro atoms. The van der Waals surface area contributed by atoms with Gasteiger partial charge in [0.2, 0.25) is 5.78 Å². The number of halogens is 1. The van der Waals surface area contributed by atoms with Crippen LogP contribution in [0.15, 0.2) is 24.3 Å². The Morgan fingerprint density at radius 3 is 2.50 bits per heavy atom. The molecule has 1 aromatic carbocycles. The molecule has 1 aromatic rings. The van der Waals surface area contributed by atoms with Gasteiger partial charge in [0.05, 0.1) is 0 Å². The highest BCUT2D eigenvalue weighted by molar-refractivity contribution is 6.30. The largest absolute Gasteiger partial charge is 0.279 e. The van der Waals surface area contributed by atoms with Crippen LogP contribution in [0.2, 0.25) is 5.02 Å². The molecule has 14 heavy (non-hydrogen) atoms. The first-order valence-corrected chi connectivity index (χ1v) is 4.95. The fourth-order valence-electron chi connectivity index (χ4n) is 1.07. The lowest BCUT2D eigenvalue weighted by atomic mass is 10.1. The Balaban J connectivity index is 2.11. The average Bonchev–Trinajstić information content (AvgIpc) is 2.99. The lowest BCUT2D eigenvalue weighted by Gasteiger charge is -1.92. The van der Waals surface area contributed by atoms with Gasteiger partial charge in [0.1, 0.15) is 0 Å². The highest BCUT2D eigenvalue weighted by Crippen LogP contribution is 2.27. The summed E-state index contributed by atoms with van der Waals surface area (Å²) in [4.78, 5) is 11.5. The monoisotopic (exact) mass is 204 g/mol. The molecule has 1 aliphatic carbocycles. The Labute approximate surface area is 88.1 Å². The molecule has 0 atom stereocenters. The van der Waals surface area contributed by atoms with Crippen molar-refractivity contribution in [2.24, 2.45) is 5.92 Å². The first kappa shape index (κ1) is 9.30. The molecule has 1 fully saturated rings. The van der Waals surface area contributed by atoms with Crippen molar-refractivity contribution < 1.29 is 4.79 Å². The normalized spacial score (nSPS) is 14.4. The van der Waals surface area contributed by atoms with E-state index >= 15 is 0 Å². The second kappa shape index (κ2) is 3.86. The molecule has 1 saturated carbocycles. The highest BCUT2D eigenvalue weighted by atomic mass is 35.5. The van der Waals surface area contributed by atoms with Gasteiger partial charge in [-0.1, -0.05) is 17.5 Å². The van der Waals surface area contributed by atoms with Crippen LogP contribution in [0.25, 0.3) is 0 Å². The molecule has 2 heteroatoms. The van der Waals surface area contributed by atoms with Crippen molar-refractivity contribution in [3.63, 3.8) is 0 Å². The number of benzene rings is 1. The third kappa shape index (κ3) is 2.37. The molecular formula is C12H9ClO. The first-order chi connectivity index (χ1) is 6.75. The van der Waals surface area contributed by atoms with E-state index in [1.54, 1.807) is 24.3 Å². The van der Waals surface area contributed by atoms with Gasteiger partial charge in [0.25, 0.3) is 0 Å². The van der Waals surface area contributed by atoms with Gasteiger partial charge in [-0.05, 0) is 43.0 Å². The van der Waals surface area contributed by atoms with Gasteiger partial charge in [0.15, 0.2) is 0 Å². The summed E-state index contributed by atoms with van der Waals surface area (Å²) in [7, 11) is 0. The van der Waals surface area contributed by atoms with Crippen molar-refractivity contribution in [1.29, 1.82) is 0 Å². The van der Waals surface area contributed by atoms with Gasteiger partial charge < -0.3 is 0 Å². The Hall–Kier alpha value is -1.26. The maximum absolute atomic E-state index is 11.5. The van der Waals surface area contributed by atoms with E-state index in [2.05, 4.69) is 11.8 Å². The van der Waals surface area contributed by atoms with Gasteiger partial charge in [-0.15, -0.1) is 0 Å². The smallest absolute Gasteiger partial charge is 0.235 e. The Bertz CT molecular complexity index is 404. The van der Waals surface area contributed by atoms with Crippen molar-refractivity contribution in [3.05, 3.63) is 34.9 Å². The fourth-order valence-corrected chi connectivity index (χ4v) is 1.19. The average molecular weight is 205 g/mol. The minimum atomic E-state index is -0.117. The van der Waals surface area contributed by atoms with E-state index in [0.29, 0.717) is 16.5 Å². The minimum Gasteiger partial charge on any atom is -0.279 e. The van der Waals surface area contributed by atoms with E-state index in [1.165, 1.54) is 0 Å². The number of Topliss-reactive ketones (excluding diaryl/α,β-unsaturated/α-hetero) is 1. The van der Waals surface area contributed by atoms with Crippen molar-refractivity contribution in [2.45, 2.75) is 12.8 Å². The van der Waals surface area contributed by atoms with Gasteiger partial charge in [-0.2, -0.15) is 0 Å². The van der Waals surface area contributed by atoms with Crippen LogP contribution in [0.3, 0.4) is 0 Å². The van der Waals surface area contributed by atoms with Crippen molar-refractivity contribution in [2.75, 3.05) is 0 Å². The van der Waals surface area contributed by atoms with Crippen LogP contribution < -0.4 is 0 Å². The zero-order valence-electron chi connectivity index (χ0n) is 7.59. The predicted octanol–water partition coefficient (Wildman–Crippen LogP) is 2.94. The van der Waals surface area contributed by atoms with Crippen molar-refractivity contribution >= 4 is 17.4 Å². The quantitative estimate of drug-likeness (QED) is 0.391. The number of hydrogen-bond donors (Lipinski definition) is 0. The predicted molar refractivity (Wildman–Crippen MR) is 56.3 cm³/mol. The van der Waals surface area contributed by atoms with E-state index in [4.69, 9.17) is 11.6 Å². The highest BCUT2D eigenvalue weighted by Gasteiger charge is 2.18. The lowest BCUT2D eigenvalue weighted by molar-refractivity contribution is 0.105. The second-order valence-electron chi connectivity index (χ2n) is 3.38. The number of ketones is 1. The van der Waals surface area contributed by atoms with E-state index in [0.717, 1.165) is 12.8 Å². The van der Waals surface area contributed by atoms with Gasteiger partial charge >= 0.3 is 0 Å². The standard InChI is InChI=1S/C12H9ClO/c13-11-6-4-10(5-7-11)12(14)8-3-9-1-2-9/h4-7,9H,1-2H2. The number of hydrogen-bond acceptors (Lipinski definition) is 1. The second-order valence-corrected chi connectivity index (χ2v) is 3.82. The molecule has 0 aromatic heterocycles.